The molecule has 0 saturated heterocycles. The lowest BCUT2D eigenvalue weighted by atomic mass is 10.0. The number of hydrogen-bond donors (Lipinski definition) is 1. The molecule has 0 unspecified atom stereocenters. The van der Waals surface area contributed by atoms with E-state index in [1.54, 1.807) is 0 Å². The molecule has 0 saturated carbocycles. The fraction of sp³-hybridized carbons (Fsp3) is 0.118. The summed E-state index contributed by atoms with van der Waals surface area (Å²) in [6.45, 7) is 2.17. The van der Waals surface area contributed by atoms with E-state index in [0.29, 0.717) is 5.82 Å². The van der Waals surface area contributed by atoms with Crippen LogP contribution in [-0.2, 0) is 6.42 Å². The molecule has 0 atom stereocenters. The molecule has 19 heavy (non-hydrogen) atoms. The number of nitrogens with zero attached hydrogens (tertiary/aromatic N) is 1. The van der Waals surface area contributed by atoms with Crippen molar-refractivity contribution in [2.75, 3.05) is 5.73 Å². The normalized spacial score (nSPS) is 10.8. The Morgan fingerprint density at radius 1 is 0.947 bits per heavy atom. The number of aromatic nitrogens is 1. The van der Waals surface area contributed by atoms with Crippen LogP contribution in [0.5, 0.6) is 0 Å². The number of rotatable bonds is 2. The van der Waals surface area contributed by atoms with Crippen LogP contribution >= 0.6 is 0 Å². The molecule has 0 spiro atoms. The van der Waals surface area contributed by atoms with Gasteiger partial charge in [0, 0.05) is 5.39 Å². The van der Waals surface area contributed by atoms with E-state index in [9.17, 15) is 0 Å². The number of fused-ring (bicyclic) bond motifs is 1. The third-order valence-electron chi connectivity index (χ3n) is 3.38. The molecule has 2 heteroatoms. The van der Waals surface area contributed by atoms with Gasteiger partial charge in [0.25, 0.3) is 0 Å². The fourth-order valence-corrected chi connectivity index (χ4v) is 2.29. The highest BCUT2D eigenvalue weighted by Crippen LogP contribution is 2.25. The summed E-state index contributed by atoms with van der Waals surface area (Å²) >= 11 is 0. The van der Waals surface area contributed by atoms with Crippen molar-refractivity contribution >= 4 is 16.7 Å². The summed E-state index contributed by atoms with van der Waals surface area (Å²) in [5.74, 6) is 0.563. The van der Waals surface area contributed by atoms with Gasteiger partial charge in [-0.05, 0) is 47.4 Å². The lowest BCUT2D eigenvalue weighted by Crippen LogP contribution is -1.90. The molecule has 0 aliphatic rings. The van der Waals surface area contributed by atoms with Crippen LogP contribution in [0.3, 0.4) is 0 Å². The molecule has 3 rings (SSSR count). The Morgan fingerprint density at radius 3 is 2.63 bits per heavy atom. The molecule has 1 aromatic heterocycles. The van der Waals surface area contributed by atoms with E-state index in [0.717, 1.165) is 17.3 Å². The van der Waals surface area contributed by atoms with Gasteiger partial charge in [-0.25, -0.2) is 4.98 Å². The van der Waals surface area contributed by atoms with Crippen molar-refractivity contribution in [3.05, 3.63) is 60.2 Å². The SMILES string of the molecule is CCc1cccc(-c2ccc3nc(N)ccc3c2)c1. The first kappa shape index (κ1) is 11.7. The maximum Gasteiger partial charge on any atom is 0.124 e. The van der Waals surface area contributed by atoms with Gasteiger partial charge < -0.3 is 5.73 Å². The summed E-state index contributed by atoms with van der Waals surface area (Å²) in [5, 5.41) is 1.12. The predicted octanol–water partition coefficient (Wildman–Crippen LogP) is 4.05. The van der Waals surface area contributed by atoms with Gasteiger partial charge in [-0.15, -0.1) is 0 Å². The van der Waals surface area contributed by atoms with E-state index < -0.39 is 0 Å². The number of hydrogen-bond acceptors (Lipinski definition) is 2. The number of benzene rings is 2. The monoisotopic (exact) mass is 248 g/mol. The minimum Gasteiger partial charge on any atom is -0.384 e. The third-order valence-corrected chi connectivity index (χ3v) is 3.38. The highest BCUT2D eigenvalue weighted by molar-refractivity contribution is 5.85. The highest BCUT2D eigenvalue weighted by atomic mass is 14.8. The summed E-state index contributed by atoms with van der Waals surface area (Å²) in [7, 11) is 0. The van der Waals surface area contributed by atoms with Gasteiger partial charge in [0.15, 0.2) is 0 Å². The molecule has 3 aromatic rings. The van der Waals surface area contributed by atoms with Crippen molar-refractivity contribution < 1.29 is 0 Å². The summed E-state index contributed by atoms with van der Waals surface area (Å²) in [6, 6.07) is 18.8. The number of nitrogen functional groups attached to an aromatic ring is 1. The Morgan fingerprint density at radius 2 is 1.79 bits per heavy atom. The third kappa shape index (κ3) is 2.29. The van der Waals surface area contributed by atoms with Crippen molar-refractivity contribution in [1.82, 2.24) is 4.98 Å². The molecule has 0 radical (unpaired) electrons. The standard InChI is InChI=1S/C17H16N2/c1-2-12-4-3-5-13(10-12)14-6-8-16-15(11-14)7-9-17(18)19-16/h3-11H,2H2,1H3,(H2,18,19). The van der Waals surface area contributed by atoms with E-state index in [-0.39, 0.29) is 0 Å². The molecule has 2 aromatic carbocycles. The Bertz CT molecular complexity index is 732. The van der Waals surface area contributed by atoms with Gasteiger partial charge in [0.05, 0.1) is 5.52 Å². The van der Waals surface area contributed by atoms with E-state index in [2.05, 4.69) is 48.3 Å². The molecule has 2 N–H and O–H groups in total. The topological polar surface area (TPSA) is 38.9 Å². The largest absolute Gasteiger partial charge is 0.384 e. The van der Waals surface area contributed by atoms with Crippen molar-refractivity contribution in [2.24, 2.45) is 0 Å². The molecule has 0 amide bonds. The molecular weight excluding hydrogens is 232 g/mol. The zero-order chi connectivity index (χ0) is 13.2. The van der Waals surface area contributed by atoms with Gasteiger partial charge in [-0.2, -0.15) is 0 Å². The number of pyridine rings is 1. The van der Waals surface area contributed by atoms with Crippen molar-refractivity contribution in [2.45, 2.75) is 13.3 Å². The van der Waals surface area contributed by atoms with Crippen LogP contribution in [0.25, 0.3) is 22.0 Å². The first-order valence-electron chi connectivity index (χ1n) is 6.52. The molecular formula is C17H16N2. The van der Waals surface area contributed by atoms with Crippen LogP contribution in [-0.4, -0.2) is 4.98 Å². The Kier molecular flexibility index (Phi) is 2.92. The molecule has 2 nitrogen and oxygen atoms in total. The van der Waals surface area contributed by atoms with Crippen LogP contribution in [0.2, 0.25) is 0 Å². The number of aryl methyl sites for hydroxylation is 1. The van der Waals surface area contributed by atoms with Crippen LogP contribution in [0.15, 0.2) is 54.6 Å². The molecule has 1 heterocycles. The second-order valence-corrected chi connectivity index (χ2v) is 4.70. The molecule has 0 bridgehead atoms. The van der Waals surface area contributed by atoms with E-state index in [1.165, 1.54) is 16.7 Å². The van der Waals surface area contributed by atoms with Crippen LogP contribution in [0, 0.1) is 0 Å². The smallest absolute Gasteiger partial charge is 0.124 e. The summed E-state index contributed by atoms with van der Waals surface area (Å²) in [5.41, 5.74) is 10.5. The van der Waals surface area contributed by atoms with Gasteiger partial charge in [-0.3, -0.25) is 0 Å². The first-order valence-corrected chi connectivity index (χ1v) is 6.52. The lowest BCUT2D eigenvalue weighted by Gasteiger charge is -2.06. The second kappa shape index (κ2) is 4.73. The maximum absolute atomic E-state index is 5.70. The van der Waals surface area contributed by atoms with Gasteiger partial charge in [0.2, 0.25) is 0 Å². The van der Waals surface area contributed by atoms with Gasteiger partial charge in [-0.1, -0.05) is 37.3 Å². The summed E-state index contributed by atoms with van der Waals surface area (Å²) < 4.78 is 0. The van der Waals surface area contributed by atoms with E-state index >= 15 is 0 Å². The van der Waals surface area contributed by atoms with Crippen molar-refractivity contribution in [3.63, 3.8) is 0 Å². The van der Waals surface area contributed by atoms with E-state index in [4.69, 9.17) is 5.73 Å². The minimum atomic E-state index is 0.563. The maximum atomic E-state index is 5.70. The molecule has 0 fully saturated rings. The number of nitrogens with two attached hydrogens (primary N) is 1. The average Bonchev–Trinajstić information content (AvgIpc) is 2.46. The van der Waals surface area contributed by atoms with E-state index in [1.807, 2.05) is 18.2 Å². The van der Waals surface area contributed by atoms with Crippen LogP contribution < -0.4 is 5.73 Å². The van der Waals surface area contributed by atoms with Crippen molar-refractivity contribution in [1.29, 1.82) is 0 Å². The quantitative estimate of drug-likeness (QED) is 0.743. The van der Waals surface area contributed by atoms with Gasteiger partial charge >= 0.3 is 0 Å². The first-order chi connectivity index (χ1) is 9.26. The predicted molar refractivity (Wildman–Crippen MR) is 81.0 cm³/mol. The minimum absolute atomic E-state index is 0.563. The summed E-state index contributed by atoms with van der Waals surface area (Å²) in [4.78, 5) is 4.32. The Balaban J connectivity index is 2.12. The van der Waals surface area contributed by atoms with Crippen LogP contribution in [0.4, 0.5) is 5.82 Å². The average molecular weight is 248 g/mol. The molecule has 94 valence electrons. The zero-order valence-electron chi connectivity index (χ0n) is 10.9. The summed E-state index contributed by atoms with van der Waals surface area (Å²) in [6.07, 6.45) is 1.06. The Hall–Kier alpha value is -2.35. The number of anilines is 1. The molecule has 0 aliphatic heterocycles. The second-order valence-electron chi connectivity index (χ2n) is 4.70. The highest BCUT2D eigenvalue weighted by Gasteiger charge is 2.02. The molecule has 0 aliphatic carbocycles. The zero-order valence-corrected chi connectivity index (χ0v) is 10.9. The van der Waals surface area contributed by atoms with Gasteiger partial charge in [0.1, 0.15) is 5.82 Å². The fourth-order valence-electron chi connectivity index (χ4n) is 2.29. The van der Waals surface area contributed by atoms with Crippen LogP contribution in [0.1, 0.15) is 12.5 Å². The van der Waals surface area contributed by atoms with Crippen molar-refractivity contribution in [3.8, 4) is 11.1 Å². The Labute approximate surface area is 112 Å². The lowest BCUT2D eigenvalue weighted by molar-refractivity contribution is 1.14.